The number of hydrogen-bond acceptors (Lipinski definition) is 2. The highest BCUT2D eigenvalue weighted by molar-refractivity contribution is 7.80. The Morgan fingerprint density at radius 3 is 2.33 bits per heavy atom. The third kappa shape index (κ3) is 4.54. The average Bonchev–Trinajstić information content (AvgIpc) is 1.35. The van der Waals surface area contributed by atoms with Gasteiger partial charge in [-0.15, -0.1) is 0 Å². The van der Waals surface area contributed by atoms with Crippen LogP contribution in [0.3, 0.4) is 0 Å². The Morgan fingerprint density at radius 2 is 2.33 bits per heavy atom. The van der Waals surface area contributed by atoms with Crippen LogP contribution in [-0.2, 0) is 4.57 Å². The Morgan fingerprint density at radius 1 is 1.83 bits per heavy atom. The zero-order valence-electron chi connectivity index (χ0n) is 3.22. The van der Waals surface area contributed by atoms with E-state index in [0.717, 1.165) is 0 Å². The molecule has 0 bridgehead atoms. The zero-order chi connectivity index (χ0) is 4.99. The summed E-state index contributed by atoms with van der Waals surface area (Å²) in [4.78, 5) is 8.05. The van der Waals surface area contributed by atoms with Crippen molar-refractivity contribution >= 4 is 20.7 Å². The predicted octanol–water partition coefficient (Wildman–Crippen LogP) is 0.383. The summed E-state index contributed by atoms with van der Waals surface area (Å²) < 4.78 is 9.74. The summed E-state index contributed by atoms with van der Waals surface area (Å²) in [5, 5.41) is 0. The number of rotatable bonds is 2. The van der Waals surface area contributed by atoms with Gasteiger partial charge in [0.15, 0.2) is 8.03 Å². The highest BCUT2D eigenvalue weighted by Crippen LogP contribution is 2.10. The molecule has 0 aliphatic rings. The molecule has 0 aliphatic heterocycles. The van der Waals surface area contributed by atoms with Crippen molar-refractivity contribution in [3.63, 3.8) is 0 Å². The second-order valence-corrected chi connectivity index (χ2v) is 2.60. The van der Waals surface area contributed by atoms with Crippen molar-refractivity contribution in [1.82, 2.24) is 0 Å². The first-order valence-corrected chi connectivity index (χ1v) is 3.79. The van der Waals surface area contributed by atoms with Crippen LogP contribution in [0.4, 0.5) is 0 Å². The van der Waals surface area contributed by atoms with E-state index in [2.05, 4.69) is 12.6 Å². The van der Waals surface area contributed by atoms with Gasteiger partial charge >= 0.3 is 0 Å². The fourth-order valence-electron chi connectivity index (χ4n) is 0.0956. The molecule has 0 amide bonds. The maximum Gasteiger partial charge on any atom is 0.189 e. The summed E-state index contributed by atoms with van der Waals surface area (Å²) in [6.07, 6.45) is 0.341. The fourth-order valence-corrected chi connectivity index (χ4v) is 0.861. The van der Waals surface area contributed by atoms with Crippen LogP contribution in [0.2, 0.25) is 0 Å². The average molecular weight is 126 g/mol. The van der Waals surface area contributed by atoms with Crippen LogP contribution < -0.4 is 0 Å². The molecular weight excluding hydrogens is 119 g/mol. The topological polar surface area (TPSA) is 37.3 Å². The van der Waals surface area contributed by atoms with Gasteiger partial charge in [0.2, 0.25) is 0 Å². The molecule has 2 nitrogen and oxygen atoms in total. The minimum absolute atomic E-state index is 0.341. The van der Waals surface area contributed by atoms with Gasteiger partial charge in [-0.05, 0) is 5.75 Å². The maximum absolute atomic E-state index is 9.74. The molecule has 1 atom stereocenters. The van der Waals surface area contributed by atoms with E-state index < -0.39 is 8.03 Å². The highest BCUT2D eigenvalue weighted by Gasteiger charge is 1.83. The molecule has 0 radical (unpaired) electrons. The lowest BCUT2D eigenvalue weighted by molar-refractivity contribution is 0.505. The van der Waals surface area contributed by atoms with Crippen LogP contribution in [0.1, 0.15) is 0 Å². The molecule has 0 spiro atoms. The second kappa shape index (κ2) is 3.72. The quantitative estimate of drug-likeness (QED) is 0.414. The normalized spacial score (nSPS) is 14.3. The molecule has 0 fully saturated rings. The molecular formula is C2H7O2PS. The summed E-state index contributed by atoms with van der Waals surface area (Å²) >= 11 is 3.73. The van der Waals surface area contributed by atoms with Crippen LogP contribution in [-0.4, -0.2) is 16.8 Å². The van der Waals surface area contributed by atoms with E-state index in [1.165, 1.54) is 0 Å². The van der Waals surface area contributed by atoms with Crippen molar-refractivity contribution in [2.75, 3.05) is 11.9 Å². The Balaban J connectivity index is 2.83. The molecule has 1 unspecified atom stereocenters. The summed E-state index contributed by atoms with van der Waals surface area (Å²) in [7, 11) is -2.21. The Kier molecular flexibility index (Phi) is 4.06. The summed E-state index contributed by atoms with van der Waals surface area (Å²) in [5.41, 5.74) is 0. The summed E-state index contributed by atoms with van der Waals surface area (Å²) in [5.74, 6) is 0.508. The van der Waals surface area contributed by atoms with Gasteiger partial charge in [-0.25, -0.2) is 0 Å². The van der Waals surface area contributed by atoms with E-state index in [0.29, 0.717) is 11.9 Å². The Bertz CT molecular complexity index is 55.5. The third-order valence-corrected chi connectivity index (χ3v) is 1.65. The number of thiol groups is 1. The lowest BCUT2D eigenvalue weighted by Crippen LogP contribution is -1.73. The molecule has 38 valence electrons. The van der Waals surface area contributed by atoms with Crippen molar-refractivity contribution in [3.8, 4) is 0 Å². The van der Waals surface area contributed by atoms with E-state index in [1.54, 1.807) is 0 Å². The van der Waals surface area contributed by atoms with E-state index >= 15 is 0 Å². The van der Waals surface area contributed by atoms with Crippen LogP contribution in [0.15, 0.2) is 0 Å². The first-order valence-electron chi connectivity index (χ1n) is 1.60. The van der Waals surface area contributed by atoms with Crippen molar-refractivity contribution in [2.45, 2.75) is 0 Å². The predicted molar refractivity (Wildman–Crippen MR) is 29.9 cm³/mol. The van der Waals surface area contributed by atoms with Gasteiger partial charge in [0.25, 0.3) is 0 Å². The molecule has 0 rings (SSSR count). The molecule has 0 aromatic carbocycles. The van der Waals surface area contributed by atoms with E-state index in [9.17, 15) is 4.57 Å². The van der Waals surface area contributed by atoms with Crippen molar-refractivity contribution < 1.29 is 9.46 Å². The van der Waals surface area contributed by atoms with E-state index in [-0.39, 0.29) is 0 Å². The lowest BCUT2D eigenvalue weighted by atomic mass is 11.0. The van der Waals surface area contributed by atoms with Crippen molar-refractivity contribution in [1.29, 1.82) is 0 Å². The first kappa shape index (κ1) is 6.54. The Hall–Kier alpha value is 0.540. The zero-order valence-corrected chi connectivity index (χ0v) is 5.11. The maximum atomic E-state index is 9.74. The highest BCUT2D eigenvalue weighted by atomic mass is 32.1. The van der Waals surface area contributed by atoms with Gasteiger partial charge in [0, 0.05) is 6.16 Å². The first-order chi connectivity index (χ1) is 2.77. The summed E-state index contributed by atoms with van der Waals surface area (Å²) in [6, 6.07) is 0. The van der Waals surface area contributed by atoms with Gasteiger partial charge in [-0.3, -0.25) is 4.57 Å². The molecule has 0 aromatic rings. The van der Waals surface area contributed by atoms with Gasteiger partial charge in [-0.2, -0.15) is 12.6 Å². The standard InChI is InChI=1S/C2H7O2PS/c3-5(4)1-2-6/h5-6H,1-2H2,(H,3,4). The molecule has 0 saturated carbocycles. The summed E-state index contributed by atoms with van der Waals surface area (Å²) in [6.45, 7) is 0. The van der Waals surface area contributed by atoms with Gasteiger partial charge in [0.05, 0.1) is 0 Å². The smallest absolute Gasteiger partial charge is 0.189 e. The minimum atomic E-state index is -2.21. The molecule has 6 heavy (non-hydrogen) atoms. The van der Waals surface area contributed by atoms with Gasteiger partial charge in [0.1, 0.15) is 0 Å². The van der Waals surface area contributed by atoms with Crippen LogP contribution in [0.5, 0.6) is 0 Å². The van der Waals surface area contributed by atoms with Crippen LogP contribution in [0, 0.1) is 0 Å². The molecule has 4 heteroatoms. The fraction of sp³-hybridized carbons (Fsp3) is 1.00. The monoisotopic (exact) mass is 126 g/mol. The minimum Gasteiger partial charge on any atom is -0.346 e. The lowest BCUT2D eigenvalue weighted by Gasteiger charge is -1.81. The van der Waals surface area contributed by atoms with Crippen LogP contribution in [0.25, 0.3) is 0 Å². The Labute approximate surface area is 42.8 Å². The van der Waals surface area contributed by atoms with Crippen molar-refractivity contribution in [2.24, 2.45) is 0 Å². The SMILES string of the molecule is O=[PH](O)CCS. The molecule has 1 N–H and O–H groups in total. The van der Waals surface area contributed by atoms with Gasteiger partial charge in [-0.1, -0.05) is 0 Å². The van der Waals surface area contributed by atoms with Crippen molar-refractivity contribution in [3.05, 3.63) is 0 Å². The van der Waals surface area contributed by atoms with Gasteiger partial charge < -0.3 is 4.89 Å². The van der Waals surface area contributed by atoms with Crippen LogP contribution >= 0.6 is 20.7 Å². The molecule has 0 heterocycles. The van der Waals surface area contributed by atoms with E-state index in [4.69, 9.17) is 4.89 Å². The van der Waals surface area contributed by atoms with E-state index in [1.807, 2.05) is 0 Å². The molecule has 0 aromatic heterocycles. The molecule has 0 saturated heterocycles. The largest absolute Gasteiger partial charge is 0.346 e. The number of hydrogen-bond donors (Lipinski definition) is 2. The second-order valence-electron chi connectivity index (χ2n) is 0.867. The molecule has 0 aliphatic carbocycles. The third-order valence-electron chi connectivity index (χ3n) is 0.326.